The predicted molar refractivity (Wildman–Crippen MR) is 91.0 cm³/mol. The maximum atomic E-state index is 6.11. The van der Waals surface area contributed by atoms with Crippen molar-refractivity contribution in [2.45, 2.75) is 26.5 Å². The smallest absolute Gasteiger partial charge is 0.201 e. The first kappa shape index (κ1) is 14.4. The summed E-state index contributed by atoms with van der Waals surface area (Å²) >= 11 is 5.26. The molecular formula is C15H16BrN3OS. The summed E-state index contributed by atoms with van der Waals surface area (Å²) in [5.74, 6) is 1.28. The van der Waals surface area contributed by atoms with E-state index >= 15 is 0 Å². The van der Waals surface area contributed by atoms with Gasteiger partial charge in [-0.3, -0.25) is 0 Å². The summed E-state index contributed by atoms with van der Waals surface area (Å²) < 4.78 is 8.93. The Hall–Kier alpha value is -1.53. The van der Waals surface area contributed by atoms with Crippen molar-refractivity contribution in [1.29, 1.82) is 0 Å². The Kier molecular flexibility index (Phi) is 3.91. The summed E-state index contributed by atoms with van der Waals surface area (Å²) in [5, 5.41) is 2.06. The van der Waals surface area contributed by atoms with Crippen molar-refractivity contribution in [3.63, 3.8) is 0 Å². The monoisotopic (exact) mass is 365 g/mol. The average Bonchev–Trinajstić information content (AvgIpc) is 2.96. The van der Waals surface area contributed by atoms with Gasteiger partial charge in [0.1, 0.15) is 11.3 Å². The highest BCUT2D eigenvalue weighted by Crippen LogP contribution is 2.30. The van der Waals surface area contributed by atoms with Crippen LogP contribution in [0.25, 0.3) is 11.0 Å². The lowest BCUT2D eigenvalue weighted by atomic mass is 10.3. The van der Waals surface area contributed by atoms with Crippen molar-refractivity contribution in [1.82, 2.24) is 9.55 Å². The van der Waals surface area contributed by atoms with Gasteiger partial charge in [-0.15, -0.1) is 11.3 Å². The number of fused-ring (bicyclic) bond motifs is 1. The van der Waals surface area contributed by atoms with Crippen LogP contribution in [0.3, 0.4) is 0 Å². The van der Waals surface area contributed by atoms with E-state index < -0.39 is 0 Å². The second kappa shape index (κ2) is 5.69. The van der Waals surface area contributed by atoms with Gasteiger partial charge in [-0.1, -0.05) is 6.07 Å². The fraction of sp³-hybridized carbons (Fsp3) is 0.267. The number of hydrogen-bond donors (Lipinski definition) is 1. The molecule has 0 saturated carbocycles. The fourth-order valence-corrected chi connectivity index (χ4v) is 3.70. The van der Waals surface area contributed by atoms with Crippen LogP contribution in [0.4, 0.5) is 5.95 Å². The van der Waals surface area contributed by atoms with Crippen LogP contribution < -0.4 is 10.5 Å². The van der Waals surface area contributed by atoms with Crippen LogP contribution in [0, 0.1) is 0 Å². The van der Waals surface area contributed by atoms with E-state index in [1.54, 1.807) is 11.3 Å². The van der Waals surface area contributed by atoms with Gasteiger partial charge < -0.3 is 15.0 Å². The SMILES string of the molecule is CC(C)Oc1cccc2c1nc(N)n2Cc1sccc1Br. The zero-order valence-corrected chi connectivity index (χ0v) is 14.2. The van der Waals surface area contributed by atoms with E-state index in [2.05, 4.69) is 26.3 Å². The fourth-order valence-electron chi connectivity index (χ4n) is 2.24. The highest BCUT2D eigenvalue weighted by Gasteiger charge is 2.14. The lowest BCUT2D eigenvalue weighted by Gasteiger charge is -2.10. The van der Waals surface area contributed by atoms with Crippen LogP contribution in [0.1, 0.15) is 18.7 Å². The van der Waals surface area contributed by atoms with Gasteiger partial charge >= 0.3 is 0 Å². The molecule has 3 rings (SSSR count). The zero-order chi connectivity index (χ0) is 15.0. The summed E-state index contributed by atoms with van der Waals surface area (Å²) in [6.07, 6.45) is 0.105. The number of thiophene rings is 1. The van der Waals surface area contributed by atoms with Crippen LogP contribution in [-0.4, -0.2) is 15.7 Å². The van der Waals surface area contributed by atoms with Crippen molar-refractivity contribution >= 4 is 44.2 Å². The number of aromatic nitrogens is 2. The molecule has 21 heavy (non-hydrogen) atoms. The van der Waals surface area contributed by atoms with Crippen LogP contribution in [0.5, 0.6) is 5.75 Å². The molecule has 0 aliphatic heterocycles. The van der Waals surface area contributed by atoms with Gasteiger partial charge in [-0.2, -0.15) is 0 Å². The number of nitrogens with zero attached hydrogens (tertiary/aromatic N) is 2. The molecule has 0 aliphatic rings. The third kappa shape index (κ3) is 2.78. The molecule has 4 nitrogen and oxygen atoms in total. The molecule has 2 N–H and O–H groups in total. The summed E-state index contributed by atoms with van der Waals surface area (Å²) in [4.78, 5) is 5.70. The topological polar surface area (TPSA) is 53.1 Å². The minimum absolute atomic E-state index is 0.105. The highest BCUT2D eigenvalue weighted by molar-refractivity contribution is 9.10. The maximum absolute atomic E-state index is 6.11. The lowest BCUT2D eigenvalue weighted by Crippen LogP contribution is -2.06. The summed E-state index contributed by atoms with van der Waals surface area (Å²) in [7, 11) is 0. The standard InChI is InChI=1S/C15H16BrN3OS/c1-9(2)20-12-5-3-4-11-14(12)18-15(17)19(11)8-13-10(16)6-7-21-13/h3-7,9H,8H2,1-2H3,(H2,17,18). The quantitative estimate of drug-likeness (QED) is 0.750. The number of ether oxygens (including phenoxy) is 1. The Labute approximate surface area is 135 Å². The van der Waals surface area contributed by atoms with E-state index in [0.717, 1.165) is 21.3 Å². The molecule has 6 heteroatoms. The number of halogens is 1. The van der Waals surface area contributed by atoms with Crippen LogP contribution >= 0.6 is 27.3 Å². The molecule has 110 valence electrons. The summed E-state index contributed by atoms with van der Waals surface area (Å²) in [5.41, 5.74) is 7.91. The zero-order valence-electron chi connectivity index (χ0n) is 11.8. The van der Waals surface area contributed by atoms with E-state index in [0.29, 0.717) is 12.5 Å². The van der Waals surface area contributed by atoms with E-state index in [1.807, 2.05) is 42.7 Å². The lowest BCUT2D eigenvalue weighted by molar-refractivity contribution is 0.245. The van der Waals surface area contributed by atoms with Gasteiger partial charge in [0.05, 0.1) is 18.2 Å². The molecular weight excluding hydrogens is 350 g/mol. The molecule has 0 saturated heterocycles. The molecule has 0 radical (unpaired) electrons. The second-order valence-electron chi connectivity index (χ2n) is 5.04. The van der Waals surface area contributed by atoms with Crippen LogP contribution in [-0.2, 0) is 6.54 Å². The first-order valence-corrected chi connectivity index (χ1v) is 8.36. The van der Waals surface area contributed by atoms with Gasteiger partial charge in [-0.25, -0.2) is 4.98 Å². The predicted octanol–water partition coefficient (Wildman–Crippen LogP) is 4.28. The van der Waals surface area contributed by atoms with Crippen molar-refractivity contribution in [3.05, 3.63) is 39.0 Å². The van der Waals surface area contributed by atoms with Gasteiger partial charge in [0, 0.05) is 9.35 Å². The van der Waals surface area contributed by atoms with Gasteiger partial charge in [0.25, 0.3) is 0 Å². The van der Waals surface area contributed by atoms with E-state index in [-0.39, 0.29) is 6.10 Å². The largest absolute Gasteiger partial charge is 0.489 e. The van der Waals surface area contributed by atoms with Crippen LogP contribution in [0.2, 0.25) is 0 Å². The number of benzene rings is 1. The Morgan fingerprint density at radius 1 is 1.38 bits per heavy atom. The molecule has 1 aromatic carbocycles. The Morgan fingerprint density at radius 2 is 2.19 bits per heavy atom. The molecule has 0 atom stereocenters. The van der Waals surface area contributed by atoms with Gasteiger partial charge in [0.2, 0.25) is 5.95 Å². The minimum atomic E-state index is 0.105. The number of anilines is 1. The number of imidazole rings is 1. The Bertz CT molecular complexity index is 778. The minimum Gasteiger partial charge on any atom is -0.489 e. The molecule has 0 aliphatic carbocycles. The first-order valence-electron chi connectivity index (χ1n) is 6.69. The number of rotatable bonds is 4. The van der Waals surface area contributed by atoms with E-state index in [9.17, 15) is 0 Å². The van der Waals surface area contributed by atoms with E-state index in [4.69, 9.17) is 10.5 Å². The van der Waals surface area contributed by atoms with Crippen molar-refractivity contribution in [3.8, 4) is 5.75 Å². The summed E-state index contributed by atoms with van der Waals surface area (Å²) in [6, 6.07) is 7.97. The molecule has 2 heterocycles. The number of nitrogen functional groups attached to an aromatic ring is 1. The molecule has 2 aromatic heterocycles. The number of nitrogens with two attached hydrogens (primary N) is 1. The molecule has 0 fully saturated rings. The highest BCUT2D eigenvalue weighted by atomic mass is 79.9. The first-order chi connectivity index (χ1) is 10.1. The van der Waals surface area contributed by atoms with Gasteiger partial charge in [-0.05, 0) is 53.4 Å². The Morgan fingerprint density at radius 3 is 2.86 bits per heavy atom. The number of para-hydroxylation sites is 1. The number of hydrogen-bond acceptors (Lipinski definition) is 4. The summed E-state index contributed by atoms with van der Waals surface area (Å²) in [6.45, 7) is 4.70. The molecule has 0 unspecified atom stereocenters. The van der Waals surface area contributed by atoms with Gasteiger partial charge in [0.15, 0.2) is 0 Å². The van der Waals surface area contributed by atoms with E-state index in [1.165, 1.54) is 4.88 Å². The van der Waals surface area contributed by atoms with Crippen LogP contribution in [0.15, 0.2) is 34.1 Å². The van der Waals surface area contributed by atoms with Crippen molar-refractivity contribution in [2.75, 3.05) is 5.73 Å². The van der Waals surface area contributed by atoms with Crippen molar-refractivity contribution in [2.24, 2.45) is 0 Å². The third-order valence-corrected chi connectivity index (χ3v) is 5.04. The maximum Gasteiger partial charge on any atom is 0.201 e. The third-order valence-electron chi connectivity index (χ3n) is 3.13. The molecule has 0 spiro atoms. The molecule has 0 bridgehead atoms. The normalized spacial score (nSPS) is 11.4. The molecule has 0 amide bonds. The molecule has 3 aromatic rings. The average molecular weight is 366 g/mol. The van der Waals surface area contributed by atoms with Crippen molar-refractivity contribution < 1.29 is 4.74 Å². The Balaban J connectivity index is 2.07. The second-order valence-corrected chi connectivity index (χ2v) is 6.89.